The standard InChI is InChI=1S/C7H15FN2/c8-5-7(1-3-9)2-4-10-6-7/h10H,1-6,9H2. The van der Waals surface area contributed by atoms with Crippen molar-refractivity contribution in [3.05, 3.63) is 0 Å². The van der Waals surface area contributed by atoms with E-state index >= 15 is 0 Å². The van der Waals surface area contributed by atoms with Crippen LogP contribution in [0.15, 0.2) is 0 Å². The van der Waals surface area contributed by atoms with Crippen molar-refractivity contribution in [1.29, 1.82) is 0 Å². The fourth-order valence-corrected chi connectivity index (χ4v) is 1.50. The van der Waals surface area contributed by atoms with Gasteiger partial charge in [0.15, 0.2) is 0 Å². The molecule has 0 bridgehead atoms. The summed E-state index contributed by atoms with van der Waals surface area (Å²) in [4.78, 5) is 0. The van der Waals surface area contributed by atoms with Gasteiger partial charge in [-0.3, -0.25) is 4.39 Å². The average Bonchev–Trinajstić information content (AvgIpc) is 2.39. The molecule has 0 saturated carbocycles. The first kappa shape index (κ1) is 7.95. The van der Waals surface area contributed by atoms with Crippen molar-refractivity contribution in [2.75, 3.05) is 26.3 Å². The quantitative estimate of drug-likeness (QED) is 0.600. The second-order valence-corrected chi connectivity index (χ2v) is 3.10. The summed E-state index contributed by atoms with van der Waals surface area (Å²) < 4.78 is 12.4. The summed E-state index contributed by atoms with van der Waals surface area (Å²) in [5, 5.41) is 3.15. The lowest BCUT2D eigenvalue weighted by Crippen LogP contribution is -2.29. The highest BCUT2D eigenvalue weighted by Gasteiger charge is 2.32. The zero-order valence-electron chi connectivity index (χ0n) is 6.20. The molecule has 1 aliphatic heterocycles. The summed E-state index contributed by atoms with van der Waals surface area (Å²) in [5.41, 5.74) is 5.26. The maximum absolute atomic E-state index is 12.4. The highest BCUT2D eigenvalue weighted by Crippen LogP contribution is 2.29. The average molecular weight is 146 g/mol. The topological polar surface area (TPSA) is 38.0 Å². The van der Waals surface area contributed by atoms with E-state index in [-0.39, 0.29) is 12.1 Å². The van der Waals surface area contributed by atoms with E-state index in [2.05, 4.69) is 5.32 Å². The van der Waals surface area contributed by atoms with Gasteiger partial charge in [0.25, 0.3) is 0 Å². The molecule has 1 atom stereocenters. The Kier molecular flexibility index (Phi) is 2.63. The Labute approximate surface area is 61.0 Å². The van der Waals surface area contributed by atoms with Gasteiger partial charge in [0.05, 0.1) is 6.67 Å². The molecule has 1 heterocycles. The zero-order chi connectivity index (χ0) is 7.45. The zero-order valence-corrected chi connectivity index (χ0v) is 6.20. The van der Waals surface area contributed by atoms with Crippen LogP contribution in [0.1, 0.15) is 12.8 Å². The Balaban J connectivity index is 2.41. The first-order valence-corrected chi connectivity index (χ1v) is 3.80. The summed E-state index contributed by atoms with van der Waals surface area (Å²) in [6.07, 6.45) is 1.76. The SMILES string of the molecule is NCCC1(CF)CCNC1. The van der Waals surface area contributed by atoms with E-state index in [1.165, 1.54) is 0 Å². The van der Waals surface area contributed by atoms with Gasteiger partial charge in [0.2, 0.25) is 0 Å². The molecule has 1 unspecified atom stereocenters. The van der Waals surface area contributed by atoms with Gasteiger partial charge in [-0.25, -0.2) is 0 Å². The molecule has 1 saturated heterocycles. The molecular weight excluding hydrogens is 131 g/mol. The van der Waals surface area contributed by atoms with Crippen LogP contribution in [0.5, 0.6) is 0 Å². The van der Waals surface area contributed by atoms with Crippen molar-refractivity contribution >= 4 is 0 Å². The normalized spacial score (nSPS) is 33.0. The van der Waals surface area contributed by atoms with E-state index in [1.54, 1.807) is 0 Å². The first-order valence-electron chi connectivity index (χ1n) is 3.80. The van der Waals surface area contributed by atoms with Crippen LogP contribution >= 0.6 is 0 Å². The summed E-state index contributed by atoms with van der Waals surface area (Å²) in [6.45, 7) is 2.13. The maximum Gasteiger partial charge on any atom is 0.0963 e. The predicted molar refractivity (Wildman–Crippen MR) is 39.6 cm³/mol. The molecule has 1 aliphatic rings. The molecule has 60 valence electrons. The van der Waals surface area contributed by atoms with Gasteiger partial charge in [0, 0.05) is 12.0 Å². The van der Waals surface area contributed by atoms with Crippen molar-refractivity contribution in [1.82, 2.24) is 5.32 Å². The van der Waals surface area contributed by atoms with Crippen LogP contribution in [0.25, 0.3) is 0 Å². The molecular formula is C7H15FN2. The monoisotopic (exact) mass is 146 g/mol. The molecule has 0 aromatic carbocycles. The molecule has 0 spiro atoms. The molecule has 0 aliphatic carbocycles. The minimum Gasteiger partial charge on any atom is -0.330 e. The van der Waals surface area contributed by atoms with Gasteiger partial charge in [-0.15, -0.1) is 0 Å². The van der Waals surface area contributed by atoms with Crippen LogP contribution in [-0.4, -0.2) is 26.3 Å². The van der Waals surface area contributed by atoms with Crippen molar-refractivity contribution in [2.45, 2.75) is 12.8 Å². The van der Waals surface area contributed by atoms with Crippen molar-refractivity contribution in [3.8, 4) is 0 Å². The van der Waals surface area contributed by atoms with Gasteiger partial charge in [-0.1, -0.05) is 0 Å². The second-order valence-electron chi connectivity index (χ2n) is 3.10. The number of nitrogens with one attached hydrogen (secondary N) is 1. The maximum atomic E-state index is 12.4. The van der Waals surface area contributed by atoms with E-state index in [0.29, 0.717) is 6.54 Å². The molecule has 0 amide bonds. The third kappa shape index (κ3) is 1.47. The van der Waals surface area contributed by atoms with Gasteiger partial charge < -0.3 is 11.1 Å². The lowest BCUT2D eigenvalue weighted by Gasteiger charge is -2.22. The van der Waals surface area contributed by atoms with E-state index in [9.17, 15) is 4.39 Å². The number of nitrogens with two attached hydrogens (primary N) is 1. The fraction of sp³-hybridized carbons (Fsp3) is 1.00. The van der Waals surface area contributed by atoms with Crippen molar-refractivity contribution in [2.24, 2.45) is 11.1 Å². The van der Waals surface area contributed by atoms with Crippen LogP contribution in [0, 0.1) is 5.41 Å². The molecule has 0 aromatic rings. The van der Waals surface area contributed by atoms with Gasteiger partial charge in [-0.2, -0.15) is 0 Å². The number of alkyl halides is 1. The highest BCUT2D eigenvalue weighted by atomic mass is 19.1. The van der Waals surface area contributed by atoms with Crippen LogP contribution in [0.4, 0.5) is 4.39 Å². The lowest BCUT2D eigenvalue weighted by atomic mass is 9.85. The van der Waals surface area contributed by atoms with E-state index < -0.39 is 0 Å². The van der Waals surface area contributed by atoms with Gasteiger partial charge in [-0.05, 0) is 25.9 Å². The lowest BCUT2D eigenvalue weighted by molar-refractivity contribution is 0.217. The Morgan fingerprint density at radius 2 is 2.40 bits per heavy atom. The number of halogens is 1. The molecule has 2 nitrogen and oxygen atoms in total. The Bertz CT molecular complexity index is 99.8. The van der Waals surface area contributed by atoms with Gasteiger partial charge in [0.1, 0.15) is 0 Å². The Morgan fingerprint density at radius 3 is 2.80 bits per heavy atom. The van der Waals surface area contributed by atoms with Crippen molar-refractivity contribution in [3.63, 3.8) is 0 Å². The highest BCUT2D eigenvalue weighted by molar-refractivity contribution is 4.87. The first-order chi connectivity index (χ1) is 4.83. The largest absolute Gasteiger partial charge is 0.330 e. The van der Waals surface area contributed by atoms with Crippen LogP contribution < -0.4 is 11.1 Å². The van der Waals surface area contributed by atoms with E-state index in [0.717, 1.165) is 25.9 Å². The van der Waals surface area contributed by atoms with E-state index in [4.69, 9.17) is 5.73 Å². The molecule has 0 radical (unpaired) electrons. The Hall–Kier alpha value is -0.150. The summed E-state index contributed by atoms with van der Waals surface area (Å²) in [6, 6.07) is 0. The molecule has 1 rings (SSSR count). The summed E-state index contributed by atoms with van der Waals surface area (Å²) >= 11 is 0. The number of hydrogen-bond acceptors (Lipinski definition) is 2. The molecule has 1 fully saturated rings. The smallest absolute Gasteiger partial charge is 0.0963 e. The third-order valence-electron chi connectivity index (χ3n) is 2.29. The Morgan fingerprint density at radius 1 is 1.60 bits per heavy atom. The second kappa shape index (κ2) is 3.30. The fourth-order valence-electron chi connectivity index (χ4n) is 1.50. The predicted octanol–water partition coefficient (Wildman–Crippen LogP) is 0.284. The molecule has 0 aromatic heterocycles. The molecule has 3 heteroatoms. The third-order valence-corrected chi connectivity index (χ3v) is 2.29. The van der Waals surface area contributed by atoms with E-state index in [1.807, 2.05) is 0 Å². The van der Waals surface area contributed by atoms with Crippen molar-refractivity contribution < 1.29 is 4.39 Å². The van der Waals surface area contributed by atoms with Crippen LogP contribution in [0.3, 0.4) is 0 Å². The van der Waals surface area contributed by atoms with Crippen LogP contribution in [0.2, 0.25) is 0 Å². The number of hydrogen-bond donors (Lipinski definition) is 2. The minimum absolute atomic E-state index is 0.116. The number of rotatable bonds is 3. The molecule has 10 heavy (non-hydrogen) atoms. The molecule has 3 N–H and O–H groups in total. The summed E-state index contributed by atoms with van der Waals surface area (Å²) in [5.74, 6) is 0. The minimum atomic E-state index is -0.225. The summed E-state index contributed by atoms with van der Waals surface area (Å²) in [7, 11) is 0. The van der Waals surface area contributed by atoms with Crippen LogP contribution in [-0.2, 0) is 0 Å². The van der Waals surface area contributed by atoms with Gasteiger partial charge >= 0.3 is 0 Å².